The minimum absolute atomic E-state index is 0.0531. The highest BCUT2D eigenvalue weighted by Crippen LogP contribution is 2.40. The molecule has 4 rings (SSSR count). The minimum Gasteiger partial charge on any atom is -0.456 e. The van der Waals surface area contributed by atoms with Gasteiger partial charge in [-0.2, -0.15) is 5.10 Å². The van der Waals surface area contributed by atoms with E-state index in [-0.39, 0.29) is 39.3 Å². The van der Waals surface area contributed by atoms with E-state index in [4.69, 9.17) is 39.5 Å². The Kier molecular flexibility index (Phi) is 9.47. The van der Waals surface area contributed by atoms with Gasteiger partial charge < -0.3 is 20.5 Å². The van der Waals surface area contributed by atoms with E-state index in [1.165, 1.54) is 19.3 Å². The Hall–Kier alpha value is -4.03. The maximum Gasteiger partial charge on any atom is 0.324 e. The lowest BCUT2D eigenvalue weighted by molar-refractivity contribution is 0.254. The maximum atomic E-state index is 13.1. The first-order valence-corrected chi connectivity index (χ1v) is 13.7. The number of rotatable bonds is 7. The molecule has 0 saturated carbocycles. The number of halogens is 3. The lowest BCUT2D eigenvalue weighted by atomic mass is 9.92. The molecule has 0 saturated heterocycles. The topological polar surface area (TPSA) is 142 Å². The lowest BCUT2D eigenvalue weighted by Gasteiger charge is -2.14. The normalized spacial score (nSPS) is 11.1. The van der Waals surface area contributed by atoms with Crippen LogP contribution in [0.25, 0.3) is 5.69 Å². The second kappa shape index (κ2) is 12.9. The van der Waals surface area contributed by atoms with Crippen molar-refractivity contribution in [3.05, 3.63) is 81.1 Å². The van der Waals surface area contributed by atoms with E-state index in [9.17, 15) is 14.7 Å². The van der Waals surface area contributed by atoms with E-state index in [0.717, 1.165) is 5.69 Å². The maximum absolute atomic E-state index is 13.1. The van der Waals surface area contributed by atoms with Gasteiger partial charge in [0.1, 0.15) is 28.2 Å². The number of hydrogen-bond acceptors (Lipinski definition) is 6. The molecule has 0 aliphatic carbocycles. The van der Waals surface area contributed by atoms with Crippen molar-refractivity contribution < 1.29 is 19.4 Å². The number of aliphatic hydroxyl groups is 1. The smallest absolute Gasteiger partial charge is 0.324 e. The Morgan fingerprint density at radius 1 is 0.952 bits per heavy atom. The molecule has 0 fully saturated rings. The number of aliphatic hydroxyl groups excluding tert-OH is 1. The van der Waals surface area contributed by atoms with Crippen molar-refractivity contribution in [1.29, 1.82) is 0 Å². The molecule has 14 heteroatoms. The second-order valence-electron chi connectivity index (χ2n) is 10.0. The first-order valence-electron chi connectivity index (χ1n) is 12.6. The van der Waals surface area contributed by atoms with Crippen LogP contribution in [0.3, 0.4) is 0 Å². The van der Waals surface area contributed by atoms with Gasteiger partial charge in [-0.1, -0.05) is 61.6 Å². The number of ether oxygens (including phenoxy) is 1. The van der Waals surface area contributed by atoms with Crippen molar-refractivity contribution in [2.45, 2.75) is 32.8 Å². The quantitative estimate of drug-likeness (QED) is 0.146. The highest BCUT2D eigenvalue weighted by atomic mass is 35.5. The molecule has 0 bridgehead atoms. The summed E-state index contributed by atoms with van der Waals surface area (Å²) < 4.78 is 7.39. The van der Waals surface area contributed by atoms with Gasteiger partial charge in [-0.25, -0.2) is 19.3 Å². The van der Waals surface area contributed by atoms with Gasteiger partial charge in [0.05, 0.1) is 28.7 Å². The number of urea groups is 2. The predicted octanol–water partition coefficient (Wildman–Crippen LogP) is 7.20. The summed E-state index contributed by atoms with van der Waals surface area (Å²) in [5.41, 5.74) is 1.82. The number of nitrogens with one attached hydrogen (secondary N) is 4. The van der Waals surface area contributed by atoms with Gasteiger partial charge >= 0.3 is 12.1 Å². The van der Waals surface area contributed by atoms with Crippen LogP contribution < -0.4 is 26.0 Å². The number of hydrogen-bond donors (Lipinski definition) is 5. The van der Waals surface area contributed by atoms with Crippen LogP contribution in [0, 0.1) is 0 Å². The first-order chi connectivity index (χ1) is 19.9. The Labute approximate surface area is 257 Å². The summed E-state index contributed by atoms with van der Waals surface area (Å²) in [6.07, 6.45) is 1.46. The molecule has 0 aliphatic heterocycles. The number of nitrogens with zero attached hydrogens (tertiary/aromatic N) is 3. The van der Waals surface area contributed by atoms with Gasteiger partial charge in [0.2, 0.25) is 0 Å². The molecule has 2 aromatic carbocycles. The third kappa shape index (κ3) is 7.24. The molecule has 220 valence electrons. The fourth-order valence-electron chi connectivity index (χ4n) is 3.66. The molecule has 2 heterocycles. The number of pyridine rings is 1. The van der Waals surface area contributed by atoms with Crippen LogP contribution in [0.4, 0.5) is 26.9 Å². The average Bonchev–Trinajstić information content (AvgIpc) is 3.37. The van der Waals surface area contributed by atoms with Crippen LogP contribution >= 0.6 is 34.8 Å². The number of amides is 4. The highest BCUT2D eigenvalue weighted by Gasteiger charge is 2.22. The standard InChI is InChI=1S/C28H28Cl3N7O4/c1-28(2,3)21-13-23(38(37-21)16-6-5-15(14-39)18(29)11-16)36-27(41)34-19-7-8-20(25(31)24(19)30)42-17-9-10-33-22(12-17)35-26(40)32-4/h5-13,39H,14H2,1-4H3,(H2,34,36,41)(H2,32,33,35,40). The van der Waals surface area contributed by atoms with Crippen molar-refractivity contribution in [2.75, 3.05) is 23.0 Å². The number of anilines is 3. The molecule has 42 heavy (non-hydrogen) atoms. The zero-order valence-electron chi connectivity index (χ0n) is 23.1. The van der Waals surface area contributed by atoms with Crippen molar-refractivity contribution in [3.8, 4) is 17.2 Å². The van der Waals surface area contributed by atoms with Crippen molar-refractivity contribution in [1.82, 2.24) is 20.1 Å². The summed E-state index contributed by atoms with van der Waals surface area (Å²) >= 11 is 19.3. The van der Waals surface area contributed by atoms with Crippen molar-refractivity contribution in [2.24, 2.45) is 0 Å². The van der Waals surface area contributed by atoms with Crippen LogP contribution in [0.15, 0.2) is 54.7 Å². The highest BCUT2D eigenvalue weighted by molar-refractivity contribution is 6.45. The molecular weight excluding hydrogens is 605 g/mol. The van der Waals surface area contributed by atoms with Gasteiger partial charge in [0.25, 0.3) is 0 Å². The van der Waals surface area contributed by atoms with Crippen LogP contribution in [0.5, 0.6) is 11.5 Å². The molecule has 4 amide bonds. The number of carbonyl (C=O) groups is 2. The largest absolute Gasteiger partial charge is 0.456 e. The zero-order valence-corrected chi connectivity index (χ0v) is 25.3. The third-order valence-electron chi connectivity index (χ3n) is 5.89. The Morgan fingerprint density at radius 2 is 1.71 bits per heavy atom. The zero-order chi connectivity index (χ0) is 30.6. The monoisotopic (exact) mass is 631 g/mol. The third-order valence-corrected chi connectivity index (χ3v) is 7.11. The van der Waals surface area contributed by atoms with E-state index < -0.39 is 12.1 Å². The van der Waals surface area contributed by atoms with Crippen molar-refractivity contribution >= 4 is 64.2 Å². The van der Waals surface area contributed by atoms with E-state index in [0.29, 0.717) is 27.8 Å². The molecule has 0 radical (unpaired) electrons. The number of aromatic nitrogens is 3. The van der Waals surface area contributed by atoms with E-state index in [1.54, 1.807) is 47.1 Å². The number of benzene rings is 2. The van der Waals surface area contributed by atoms with Gasteiger partial charge in [-0.15, -0.1) is 0 Å². The molecule has 0 atom stereocenters. The van der Waals surface area contributed by atoms with Gasteiger partial charge in [-0.3, -0.25) is 10.6 Å². The fraction of sp³-hybridized carbons (Fsp3) is 0.214. The van der Waals surface area contributed by atoms with Gasteiger partial charge in [0, 0.05) is 35.8 Å². The summed E-state index contributed by atoms with van der Waals surface area (Å²) in [7, 11) is 1.48. The SMILES string of the molecule is CNC(=O)Nc1cc(Oc2ccc(NC(=O)Nc3cc(C(C)(C)C)nn3-c3ccc(CO)c(Cl)c3)c(Cl)c2Cl)ccn1. The predicted molar refractivity (Wildman–Crippen MR) is 165 cm³/mol. The van der Waals surface area contributed by atoms with Gasteiger partial charge in [0.15, 0.2) is 0 Å². The minimum atomic E-state index is -0.597. The lowest BCUT2D eigenvalue weighted by Crippen LogP contribution is -2.24. The number of carbonyl (C=O) groups excluding carboxylic acids is 2. The summed E-state index contributed by atoms with van der Waals surface area (Å²) in [5, 5.41) is 25.1. The summed E-state index contributed by atoms with van der Waals surface area (Å²) in [6.45, 7) is 5.80. The second-order valence-corrected chi connectivity index (χ2v) is 11.2. The Morgan fingerprint density at radius 3 is 2.38 bits per heavy atom. The molecular formula is C28H28Cl3N7O4. The molecule has 5 N–H and O–H groups in total. The summed E-state index contributed by atoms with van der Waals surface area (Å²) in [6, 6.07) is 12.0. The van der Waals surface area contributed by atoms with Crippen LogP contribution in [-0.2, 0) is 12.0 Å². The fourth-order valence-corrected chi connectivity index (χ4v) is 4.30. The average molecular weight is 633 g/mol. The molecule has 0 aliphatic rings. The van der Waals surface area contributed by atoms with Crippen LogP contribution in [0.1, 0.15) is 32.0 Å². The van der Waals surface area contributed by atoms with Gasteiger partial charge in [-0.05, 0) is 35.9 Å². The van der Waals surface area contributed by atoms with Crippen LogP contribution in [-0.4, -0.2) is 39.0 Å². The molecule has 11 nitrogen and oxygen atoms in total. The molecule has 0 unspecified atom stereocenters. The Bertz CT molecular complexity index is 1640. The van der Waals surface area contributed by atoms with E-state index >= 15 is 0 Å². The van der Waals surface area contributed by atoms with E-state index in [2.05, 4.69) is 31.3 Å². The summed E-state index contributed by atoms with van der Waals surface area (Å²) in [4.78, 5) is 28.7. The van der Waals surface area contributed by atoms with Crippen LogP contribution in [0.2, 0.25) is 15.1 Å². The Balaban J connectivity index is 1.54. The van der Waals surface area contributed by atoms with E-state index in [1.807, 2.05) is 20.8 Å². The molecule has 0 spiro atoms. The van der Waals surface area contributed by atoms with Crippen molar-refractivity contribution in [3.63, 3.8) is 0 Å². The molecule has 2 aromatic heterocycles. The summed E-state index contributed by atoms with van der Waals surface area (Å²) in [5.74, 6) is 1.22. The molecule has 4 aromatic rings. The first kappa shape index (κ1) is 30.9.